The molecule has 184 valence electrons. The SMILES string of the molecule is [C-]#[N+]c1ccc(-c2nc(OC[C@@H]3CCNC3)c3nc(CCN(C)C)cn3c2-c2ccc(C)cc2)cc1. The molecule has 7 nitrogen and oxygen atoms in total. The van der Waals surface area contributed by atoms with Crippen molar-refractivity contribution < 1.29 is 4.74 Å². The van der Waals surface area contributed by atoms with Gasteiger partial charge in [-0.3, -0.25) is 4.40 Å². The van der Waals surface area contributed by atoms with Crippen LogP contribution in [0.3, 0.4) is 0 Å². The van der Waals surface area contributed by atoms with E-state index in [0.29, 0.717) is 24.1 Å². The first-order chi connectivity index (χ1) is 17.5. The van der Waals surface area contributed by atoms with E-state index in [-0.39, 0.29) is 0 Å². The number of hydrogen-bond acceptors (Lipinski definition) is 5. The number of ether oxygens (including phenoxy) is 1. The Bertz CT molecular complexity index is 1380. The molecule has 2 aromatic carbocycles. The zero-order valence-corrected chi connectivity index (χ0v) is 21.2. The number of aromatic nitrogens is 3. The van der Waals surface area contributed by atoms with Gasteiger partial charge in [-0.05, 0) is 39.5 Å². The van der Waals surface area contributed by atoms with Gasteiger partial charge in [-0.25, -0.2) is 14.8 Å². The van der Waals surface area contributed by atoms with E-state index in [4.69, 9.17) is 21.3 Å². The molecule has 0 bridgehead atoms. The van der Waals surface area contributed by atoms with Crippen LogP contribution in [0.5, 0.6) is 5.88 Å². The van der Waals surface area contributed by atoms with Crippen LogP contribution in [0.15, 0.2) is 54.7 Å². The van der Waals surface area contributed by atoms with Crippen molar-refractivity contribution in [3.05, 3.63) is 77.4 Å². The molecule has 0 saturated carbocycles. The normalized spacial score (nSPS) is 15.5. The number of fused-ring (bicyclic) bond motifs is 1. The molecule has 36 heavy (non-hydrogen) atoms. The maximum absolute atomic E-state index is 7.33. The second-order valence-electron chi connectivity index (χ2n) is 9.79. The lowest BCUT2D eigenvalue weighted by atomic mass is 10.0. The van der Waals surface area contributed by atoms with Crippen LogP contribution in [0, 0.1) is 19.4 Å². The Balaban J connectivity index is 1.69. The van der Waals surface area contributed by atoms with Crippen molar-refractivity contribution in [2.75, 3.05) is 40.3 Å². The zero-order valence-electron chi connectivity index (χ0n) is 21.2. The summed E-state index contributed by atoms with van der Waals surface area (Å²) >= 11 is 0. The van der Waals surface area contributed by atoms with Crippen molar-refractivity contribution in [1.82, 2.24) is 24.6 Å². The number of aryl methyl sites for hydroxylation is 1. The van der Waals surface area contributed by atoms with Gasteiger partial charge < -0.3 is 15.0 Å². The summed E-state index contributed by atoms with van der Waals surface area (Å²) in [6, 6.07) is 16.1. The molecule has 7 heteroatoms. The molecule has 0 amide bonds. The first-order valence-corrected chi connectivity index (χ1v) is 12.5. The second kappa shape index (κ2) is 10.5. The third-order valence-electron chi connectivity index (χ3n) is 6.65. The maximum atomic E-state index is 7.33. The Labute approximate surface area is 212 Å². The number of rotatable bonds is 8. The predicted molar refractivity (Wildman–Crippen MR) is 144 cm³/mol. The lowest BCUT2D eigenvalue weighted by Gasteiger charge is -2.17. The number of benzene rings is 2. The van der Waals surface area contributed by atoms with E-state index in [0.717, 1.165) is 66.3 Å². The van der Waals surface area contributed by atoms with Crippen LogP contribution in [0.2, 0.25) is 0 Å². The average molecular weight is 481 g/mol. The van der Waals surface area contributed by atoms with Crippen LogP contribution in [-0.4, -0.2) is 59.6 Å². The quantitative estimate of drug-likeness (QED) is 0.359. The zero-order chi connectivity index (χ0) is 25.1. The van der Waals surface area contributed by atoms with Crippen molar-refractivity contribution in [2.24, 2.45) is 5.92 Å². The monoisotopic (exact) mass is 480 g/mol. The largest absolute Gasteiger partial charge is 0.475 e. The fourth-order valence-corrected chi connectivity index (χ4v) is 4.56. The topological polar surface area (TPSA) is 59.0 Å². The highest BCUT2D eigenvalue weighted by Crippen LogP contribution is 2.36. The van der Waals surface area contributed by atoms with Crippen molar-refractivity contribution in [3.63, 3.8) is 0 Å². The number of likely N-dealkylation sites (N-methyl/N-ethyl adjacent to an activating group) is 1. The Morgan fingerprint density at radius 3 is 2.50 bits per heavy atom. The third kappa shape index (κ3) is 5.11. The van der Waals surface area contributed by atoms with Gasteiger partial charge in [0, 0.05) is 37.2 Å². The van der Waals surface area contributed by atoms with E-state index in [9.17, 15) is 0 Å². The minimum atomic E-state index is 0.466. The Hall–Kier alpha value is -3.73. The molecule has 1 atom stereocenters. The van der Waals surface area contributed by atoms with Crippen molar-refractivity contribution in [3.8, 4) is 28.4 Å². The van der Waals surface area contributed by atoms with E-state index in [1.165, 1.54) is 5.56 Å². The van der Waals surface area contributed by atoms with Crippen LogP contribution in [0.1, 0.15) is 17.7 Å². The average Bonchev–Trinajstić information content (AvgIpc) is 3.56. The molecule has 0 aliphatic carbocycles. The molecule has 1 aliphatic rings. The van der Waals surface area contributed by atoms with Gasteiger partial charge in [0.05, 0.1) is 30.3 Å². The summed E-state index contributed by atoms with van der Waals surface area (Å²) in [4.78, 5) is 15.8. The molecule has 1 fully saturated rings. The minimum absolute atomic E-state index is 0.466. The fourth-order valence-electron chi connectivity index (χ4n) is 4.56. The van der Waals surface area contributed by atoms with Gasteiger partial charge in [0.1, 0.15) is 0 Å². The molecular formula is C29H32N6O. The van der Waals surface area contributed by atoms with Crippen LogP contribution >= 0.6 is 0 Å². The van der Waals surface area contributed by atoms with Gasteiger partial charge in [0.15, 0.2) is 5.69 Å². The summed E-state index contributed by atoms with van der Waals surface area (Å²) in [5, 5.41) is 3.41. The molecule has 4 aromatic rings. The molecule has 1 N–H and O–H groups in total. The molecule has 0 spiro atoms. The van der Waals surface area contributed by atoms with Crippen molar-refractivity contribution in [2.45, 2.75) is 19.8 Å². The summed E-state index contributed by atoms with van der Waals surface area (Å²) in [5.74, 6) is 1.02. The molecular weight excluding hydrogens is 448 g/mol. The van der Waals surface area contributed by atoms with Gasteiger partial charge >= 0.3 is 0 Å². The van der Waals surface area contributed by atoms with Crippen LogP contribution in [-0.2, 0) is 6.42 Å². The summed E-state index contributed by atoms with van der Waals surface area (Å²) in [6.07, 6.45) is 4.06. The molecule has 0 unspecified atom stereocenters. The lowest BCUT2D eigenvalue weighted by molar-refractivity contribution is 0.253. The summed E-state index contributed by atoms with van der Waals surface area (Å²) in [6.45, 7) is 12.9. The lowest BCUT2D eigenvalue weighted by Crippen LogP contribution is -2.16. The highest BCUT2D eigenvalue weighted by molar-refractivity contribution is 5.82. The van der Waals surface area contributed by atoms with E-state index < -0.39 is 0 Å². The van der Waals surface area contributed by atoms with Crippen molar-refractivity contribution in [1.29, 1.82) is 0 Å². The predicted octanol–water partition coefficient (Wildman–Crippen LogP) is 5.01. The summed E-state index contributed by atoms with van der Waals surface area (Å²) in [7, 11) is 4.15. The molecule has 0 radical (unpaired) electrons. The smallest absolute Gasteiger partial charge is 0.259 e. The fraction of sp³-hybridized carbons (Fsp3) is 0.345. The van der Waals surface area contributed by atoms with Gasteiger partial charge in [0.25, 0.3) is 5.88 Å². The highest BCUT2D eigenvalue weighted by Gasteiger charge is 2.22. The van der Waals surface area contributed by atoms with Gasteiger partial charge in [-0.2, -0.15) is 0 Å². The van der Waals surface area contributed by atoms with Gasteiger partial charge in [-0.15, -0.1) is 0 Å². The molecule has 3 heterocycles. The third-order valence-corrected chi connectivity index (χ3v) is 6.65. The number of nitrogens with one attached hydrogen (secondary N) is 1. The number of imidazole rings is 1. The molecule has 1 saturated heterocycles. The Kier molecular flexibility index (Phi) is 6.99. The minimum Gasteiger partial charge on any atom is -0.475 e. The van der Waals surface area contributed by atoms with Gasteiger partial charge in [0.2, 0.25) is 5.65 Å². The van der Waals surface area contributed by atoms with Crippen molar-refractivity contribution >= 4 is 11.3 Å². The number of hydrogen-bond donors (Lipinski definition) is 1. The standard InChI is InChI=1S/C29H32N6O/c1-20-5-7-23(8-6-20)27-26(22-9-11-24(30-2)12-10-22)33-29(36-19-21-13-15-31-17-21)28-32-25(18-35(27)28)14-16-34(3)4/h5-12,18,21,31H,13-17,19H2,1,3-4H3/t21-/m1/s1. The maximum Gasteiger partial charge on any atom is 0.259 e. The van der Waals surface area contributed by atoms with Crippen LogP contribution in [0.25, 0.3) is 33.0 Å². The highest BCUT2D eigenvalue weighted by atomic mass is 16.5. The first-order valence-electron chi connectivity index (χ1n) is 12.5. The van der Waals surface area contributed by atoms with E-state index in [2.05, 4.69) is 70.9 Å². The molecule has 2 aromatic heterocycles. The molecule has 1 aliphatic heterocycles. The van der Waals surface area contributed by atoms with Crippen LogP contribution in [0.4, 0.5) is 5.69 Å². The first kappa shape index (κ1) is 24.0. The van der Waals surface area contributed by atoms with Crippen LogP contribution < -0.4 is 10.1 Å². The second-order valence-corrected chi connectivity index (χ2v) is 9.79. The Morgan fingerprint density at radius 2 is 1.83 bits per heavy atom. The summed E-state index contributed by atoms with van der Waals surface area (Å²) < 4.78 is 8.51. The summed E-state index contributed by atoms with van der Waals surface area (Å²) in [5.41, 5.74) is 7.35. The van der Waals surface area contributed by atoms with E-state index >= 15 is 0 Å². The van der Waals surface area contributed by atoms with Gasteiger partial charge in [-0.1, -0.05) is 54.1 Å². The number of nitrogens with zero attached hydrogens (tertiary/aromatic N) is 5. The molecule has 5 rings (SSSR count). The Morgan fingerprint density at radius 1 is 1.08 bits per heavy atom. The van der Waals surface area contributed by atoms with E-state index in [1.807, 2.05) is 24.3 Å². The van der Waals surface area contributed by atoms with E-state index in [1.54, 1.807) is 0 Å².